The summed E-state index contributed by atoms with van der Waals surface area (Å²) in [7, 11) is 0. The molecular formula is C16H12N2O3. The third kappa shape index (κ3) is 2.29. The molecule has 0 unspecified atom stereocenters. The standard InChI is InChI=1S/C16H12N2O3/c1-10-6-7-13-12(8-10)16(19)9-14(17-13)11-4-2-3-5-15(11)18(20)21/h2-9H,1H3,(H,17,19). The predicted molar refractivity (Wildman–Crippen MR) is 81.4 cm³/mol. The minimum Gasteiger partial charge on any atom is -0.354 e. The summed E-state index contributed by atoms with van der Waals surface area (Å²) < 4.78 is 0. The van der Waals surface area contributed by atoms with Crippen LogP contribution < -0.4 is 5.43 Å². The molecule has 0 saturated carbocycles. The van der Waals surface area contributed by atoms with Crippen molar-refractivity contribution in [3.05, 3.63) is 74.4 Å². The third-order valence-corrected chi connectivity index (χ3v) is 3.38. The zero-order valence-corrected chi connectivity index (χ0v) is 11.3. The van der Waals surface area contributed by atoms with Crippen LogP contribution in [0.4, 0.5) is 5.69 Å². The molecule has 0 amide bonds. The Kier molecular flexibility index (Phi) is 3.02. The number of nitro groups is 1. The fraction of sp³-hybridized carbons (Fsp3) is 0.0625. The number of hydrogen-bond donors (Lipinski definition) is 1. The van der Waals surface area contributed by atoms with E-state index in [4.69, 9.17) is 0 Å². The number of para-hydroxylation sites is 1. The fourth-order valence-corrected chi connectivity index (χ4v) is 2.37. The van der Waals surface area contributed by atoms with E-state index in [1.54, 1.807) is 24.3 Å². The van der Waals surface area contributed by atoms with E-state index in [2.05, 4.69) is 4.98 Å². The number of nitrogens with one attached hydrogen (secondary N) is 1. The molecule has 0 spiro atoms. The van der Waals surface area contributed by atoms with Gasteiger partial charge in [0.1, 0.15) is 0 Å². The molecule has 0 fully saturated rings. The van der Waals surface area contributed by atoms with Gasteiger partial charge in [-0.05, 0) is 25.1 Å². The molecule has 3 rings (SSSR count). The Hall–Kier alpha value is -2.95. The lowest BCUT2D eigenvalue weighted by molar-refractivity contribution is -0.384. The van der Waals surface area contributed by atoms with Crippen LogP contribution in [0.5, 0.6) is 0 Å². The number of H-pyrrole nitrogens is 1. The van der Waals surface area contributed by atoms with Crippen LogP contribution in [0.1, 0.15) is 5.56 Å². The number of hydrogen-bond acceptors (Lipinski definition) is 3. The number of benzene rings is 2. The van der Waals surface area contributed by atoms with Gasteiger partial charge in [0.15, 0.2) is 5.43 Å². The predicted octanol–water partition coefficient (Wildman–Crippen LogP) is 3.41. The second-order valence-corrected chi connectivity index (χ2v) is 4.87. The van der Waals surface area contributed by atoms with E-state index in [-0.39, 0.29) is 11.1 Å². The highest BCUT2D eigenvalue weighted by Gasteiger charge is 2.15. The largest absolute Gasteiger partial charge is 0.354 e. The van der Waals surface area contributed by atoms with Crippen molar-refractivity contribution in [2.24, 2.45) is 0 Å². The first kappa shape index (κ1) is 13.1. The first-order valence-corrected chi connectivity index (χ1v) is 6.44. The highest BCUT2D eigenvalue weighted by molar-refractivity contribution is 5.83. The van der Waals surface area contributed by atoms with Gasteiger partial charge in [0.05, 0.1) is 16.2 Å². The van der Waals surface area contributed by atoms with Gasteiger partial charge in [-0.3, -0.25) is 14.9 Å². The quantitative estimate of drug-likeness (QED) is 0.577. The molecule has 5 nitrogen and oxygen atoms in total. The molecule has 1 N–H and O–H groups in total. The topological polar surface area (TPSA) is 76.0 Å². The first-order valence-electron chi connectivity index (χ1n) is 6.44. The van der Waals surface area contributed by atoms with E-state index in [0.29, 0.717) is 22.2 Å². The average molecular weight is 280 g/mol. The van der Waals surface area contributed by atoms with Crippen molar-refractivity contribution >= 4 is 16.6 Å². The van der Waals surface area contributed by atoms with E-state index in [9.17, 15) is 14.9 Å². The number of pyridine rings is 1. The Bertz CT molecular complexity index is 913. The van der Waals surface area contributed by atoms with Crippen molar-refractivity contribution in [2.45, 2.75) is 6.92 Å². The number of nitrogens with zero attached hydrogens (tertiary/aromatic N) is 1. The van der Waals surface area contributed by atoms with Crippen molar-refractivity contribution in [1.29, 1.82) is 0 Å². The van der Waals surface area contributed by atoms with Gasteiger partial charge >= 0.3 is 0 Å². The van der Waals surface area contributed by atoms with Crippen molar-refractivity contribution < 1.29 is 4.92 Å². The Balaban J connectivity index is 2.30. The van der Waals surface area contributed by atoms with Crippen LogP contribution in [-0.2, 0) is 0 Å². The molecule has 0 bridgehead atoms. The number of aromatic amines is 1. The SMILES string of the molecule is Cc1ccc2[nH]c(-c3ccccc3[N+](=O)[O-])cc(=O)c2c1. The van der Waals surface area contributed by atoms with Crippen molar-refractivity contribution in [2.75, 3.05) is 0 Å². The summed E-state index contributed by atoms with van der Waals surface area (Å²) in [4.78, 5) is 26.0. The van der Waals surface area contributed by atoms with Crippen LogP contribution in [0.15, 0.2) is 53.3 Å². The number of aryl methyl sites for hydroxylation is 1. The maximum atomic E-state index is 12.2. The summed E-state index contributed by atoms with van der Waals surface area (Å²) in [5.74, 6) is 0. The maximum Gasteiger partial charge on any atom is 0.278 e. The Morgan fingerprint density at radius 1 is 1.10 bits per heavy atom. The van der Waals surface area contributed by atoms with Gasteiger partial charge in [-0.2, -0.15) is 0 Å². The Labute approximate surface area is 120 Å². The molecular weight excluding hydrogens is 268 g/mol. The van der Waals surface area contributed by atoms with E-state index < -0.39 is 4.92 Å². The number of nitro benzene ring substituents is 1. The van der Waals surface area contributed by atoms with E-state index in [0.717, 1.165) is 5.56 Å². The monoisotopic (exact) mass is 280 g/mol. The Morgan fingerprint density at radius 2 is 1.86 bits per heavy atom. The number of fused-ring (bicyclic) bond motifs is 1. The van der Waals surface area contributed by atoms with E-state index in [1.165, 1.54) is 12.1 Å². The van der Waals surface area contributed by atoms with Crippen LogP contribution in [-0.4, -0.2) is 9.91 Å². The first-order chi connectivity index (χ1) is 10.1. The molecule has 0 saturated heterocycles. The maximum absolute atomic E-state index is 12.2. The van der Waals surface area contributed by atoms with E-state index in [1.807, 2.05) is 19.1 Å². The fourth-order valence-electron chi connectivity index (χ4n) is 2.37. The summed E-state index contributed by atoms with van der Waals surface area (Å²) in [6.45, 7) is 1.91. The van der Waals surface area contributed by atoms with Gasteiger partial charge in [-0.25, -0.2) is 0 Å². The van der Waals surface area contributed by atoms with Crippen LogP contribution >= 0.6 is 0 Å². The lowest BCUT2D eigenvalue weighted by Gasteiger charge is -2.06. The molecule has 0 aliphatic heterocycles. The van der Waals surface area contributed by atoms with E-state index >= 15 is 0 Å². The summed E-state index contributed by atoms with van der Waals surface area (Å²) in [6, 6.07) is 13.3. The average Bonchev–Trinajstić information content (AvgIpc) is 2.47. The molecule has 0 aliphatic carbocycles. The molecule has 0 radical (unpaired) electrons. The number of rotatable bonds is 2. The number of aromatic nitrogens is 1. The van der Waals surface area contributed by atoms with Crippen LogP contribution in [0, 0.1) is 17.0 Å². The van der Waals surface area contributed by atoms with Gasteiger partial charge in [0.2, 0.25) is 0 Å². The molecule has 1 aromatic heterocycles. The second kappa shape index (κ2) is 4.86. The van der Waals surface area contributed by atoms with Gasteiger partial charge < -0.3 is 4.98 Å². The lowest BCUT2D eigenvalue weighted by Crippen LogP contribution is -2.04. The van der Waals surface area contributed by atoms with Gasteiger partial charge in [-0.1, -0.05) is 23.8 Å². The molecule has 0 aliphatic rings. The summed E-state index contributed by atoms with van der Waals surface area (Å²) in [6.07, 6.45) is 0. The zero-order chi connectivity index (χ0) is 15.0. The summed E-state index contributed by atoms with van der Waals surface area (Å²) in [5.41, 5.74) is 2.33. The van der Waals surface area contributed by atoms with Gasteiger partial charge in [0, 0.05) is 23.0 Å². The van der Waals surface area contributed by atoms with Crippen LogP contribution in [0.3, 0.4) is 0 Å². The van der Waals surface area contributed by atoms with Gasteiger partial charge in [0.25, 0.3) is 5.69 Å². The van der Waals surface area contributed by atoms with Crippen LogP contribution in [0.2, 0.25) is 0 Å². The molecule has 3 aromatic rings. The molecule has 104 valence electrons. The van der Waals surface area contributed by atoms with Gasteiger partial charge in [-0.15, -0.1) is 0 Å². The Morgan fingerprint density at radius 3 is 2.62 bits per heavy atom. The highest BCUT2D eigenvalue weighted by Crippen LogP contribution is 2.28. The van der Waals surface area contributed by atoms with Crippen molar-refractivity contribution in [1.82, 2.24) is 4.98 Å². The van der Waals surface area contributed by atoms with Crippen molar-refractivity contribution in [3.8, 4) is 11.3 Å². The molecule has 2 aromatic carbocycles. The molecule has 1 heterocycles. The highest BCUT2D eigenvalue weighted by atomic mass is 16.6. The smallest absolute Gasteiger partial charge is 0.278 e. The van der Waals surface area contributed by atoms with Crippen molar-refractivity contribution in [3.63, 3.8) is 0 Å². The minimum atomic E-state index is -0.451. The third-order valence-electron chi connectivity index (χ3n) is 3.38. The summed E-state index contributed by atoms with van der Waals surface area (Å²) >= 11 is 0. The normalized spacial score (nSPS) is 10.7. The second-order valence-electron chi connectivity index (χ2n) is 4.87. The van der Waals surface area contributed by atoms with Crippen LogP contribution in [0.25, 0.3) is 22.2 Å². The lowest BCUT2D eigenvalue weighted by atomic mass is 10.1. The minimum absolute atomic E-state index is 0.0281. The summed E-state index contributed by atoms with van der Waals surface area (Å²) in [5, 5.41) is 11.7. The molecule has 0 atom stereocenters. The molecule has 21 heavy (non-hydrogen) atoms. The zero-order valence-electron chi connectivity index (χ0n) is 11.3. The molecule has 5 heteroatoms.